The van der Waals surface area contributed by atoms with Crippen LogP contribution in [-0.4, -0.2) is 40.9 Å². The fourth-order valence-corrected chi connectivity index (χ4v) is 4.94. The largest absolute Gasteiger partial charge is 0.350 e. The number of anilines is 1. The van der Waals surface area contributed by atoms with E-state index < -0.39 is 5.92 Å². The van der Waals surface area contributed by atoms with Crippen molar-refractivity contribution in [3.8, 4) is 11.1 Å². The van der Waals surface area contributed by atoms with E-state index in [-0.39, 0.29) is 24.3 Å². The van der Waals surface area contributed by atoms with E-state index in [0.717, 1.165) is 35.2 Å². The molecule has 29 heavy (non-hydrogen) atoms. The van der Waals surface area contributed by atoms with Gasteiger partial charge in [-0.15, -0.1) is 5.10 Å². The van der Waals surface area contributed by atoms with Crippen molar-refractivity contribution in [1.29, 1.82) is 0 Å². The molecule has 0 atom stereocenters. The van der Waals surface area contributed by atoms with Gasteiger partial charge in [-0.2, -0.15) is 0 Å². The Bertz CT molecular complexity index is 1240. The Labute approximate surface area is 164 Å². The van der Waals surface area contributed by atoms with Crippen LogP contribution in [0.4, 0.5) is 14.7 Å². The lowest BCUT2D eigenvalue weighted by Crippen LogP contribution is -2.57. The molecule has 2 aliphatic carbocycles. The van der Waals surface area contributed by atoms with Gasteiger partial charge in [0, 0.05) is 54.3 Å². The van der Waals surface area contributed by atoms with E-state index in [0.29, 0.717) is 11.7 Å². The zero-order chi connectivity index (χ0) is 19.8. The number of halogens is 2. The number of hydrogen-bond donors (Lipinski definition) is 1. The lowest BCUT2D eigenvalue weighted by molar-refractivity contribution is -0.193. The number of hydrogen-bond acceptors (Lipinski definition) is 5. The summed E-state index contributed by atoms with van der Waals surface area (Å²) in [7, 11) is 0. The van der Waals surface area contributed by atoms with Crippen molar-refractivity contribution in [1.82, 2.24) is 29.0 Å². The summed E-state index contributed by atoms with van der Waals surface area (Å²) in [6.45, 7) is 1.99. The Morgan fingerprint density at radius 2 is 1.90 bits per heavy atom. The van der Waals surface area contributed by atoms with Crippen LogP contribution in [0, 0.1) is 12.3 Å². The third kappa shape index (κ3) is 2.60. The average molecular weight is 395 g/mol. The third-order valence-electron chi connectivity index (χ3n) is 6.24. The standard InChI is InChI=1S/C20H19F2N7/c1-12-6-24-18-25-7-13(9-28(12)18)15-2-3-29-16(15)8-23-17(27-29)26-14-4-19(5-14)10-20(21,22)11-19/h2-3,6-9,14H,4-5,10-11H2,1H3,(H,26,27). The van der Waals surface area contributed by atoms with Crippen LogP contribution >= 0.6 is 0 Å². The Balaban J connectivity index is 1.23. The Morgan fingerprint density at radius 3 is 2.69 bits per heavy atom. The molecule has 0 unspecified atom stereocenters. The van der Waals surface area contributed by atoms with Crippen molar-refractivity contribution in [2.75, 3.05) is 5.32 Å². The average Bonchev–Trinajstić information content (AvgIpc) is 3.22. The minimum Gasteiger partial charge on any atom is -0.350 e. The molecule has 2 fully saturated rings. The number of fused-ring (bicyclic) bond motifs is 2. The highest BCUT2D eigenvalue weighted by Crippen LogP contribution is 2.62. The summed E-state index contributed by atoms with van der Waals surface area (Å²) in [6.07, 6.45) is 10.8. The fourth-order valence-electron chi connectivity index (χ4n) is 4.94. The van der Waals surface area contributed by atoms with Gasteiger partial charge in [0.15, 0.2) is 0 Å². The Kier molecular flexibility index (Phi) is 3.18. The molecular weight excluding hydrogens is 376 g/mol. The van der Waals surface area contributed by atoms with Gasteiger partial charge in [0.25, 0.3) is 0 Å². The summed E-state index contributed by atoms with van der Waals surface area (Å²) < 4.78 is 30.0. The molecule has 4 aromatic rings. The van der Waals surface area contributed by atoms with Crippen LogP contribution in [-0.2, 0) is 0 Å². The monoisotopic (exact) mass is 395 g/mol. The number of imidazole rings is 1. The summed E-state index contributed by atoms with van der Waals surface area (Å²) in [5.74, 6) is -1.28. The molecule has 0 saturated heterocycles. The molecule has 0 amide bonds. The lowest BCUT2D eigenvalue weighted by atomic mass is 9.52. The fraction of sp³-hybridized carbons (Fsp3) is 0.400. The van der Waals surface area contributed by atoms with Crippen LogP contribution in [0.15, 0.2) is 37.1 Å². The highest BCUT2D eigenvalue weighted by atomic mass is 19.3. The van der Waals surface area contributed by atoms with Gasteiger partial charge < -0.3 is 5.32 Å². The number of nitrogens with one attached hydrogen (secondary N) is 1. The zero-order valence-electron chi connectivity index (χ0n) is 15.8. The molecule has 0 aliphatic heterocycles. The van der Waals surface area contributed by atoms with Crippen LogP contribution in [0.1, 0.15) is 31.4 Å². The van der Waals surface area contributed by atoms with Crippen LogP contribution in [0.3, 0.4) is 0 Å². The molecule has 7 nitrogen and oxygen atoms in total. The maximum absolute atomic E-state index is 13.2. The minimum atomic E-state index is -2.46. The van der Waals surface area contributed by atoms with Gasteiger partial charge in [-0.05, 0) is 31.2 Å². The van der Waals surface area contributed by atoms with Crippen molar-refractivity contribution < 1.29 is 8.78 Å². The molecule has 1 N–H and O–H groups in total. The first-order valence-electron chi connectivity index (χ1n) is 9.69. The number of aryl methyl sites for hydroxylation is 1. The second kappa shape index (κ2) is 5.49. The van der Waals surface area contributed by atoms with Crippen molar-refractivity contribution in [3.05, 3.63) is 42.7 Å². The van der Waals surface area contributed by atoms with Crippen LogP contribution in [0.5, 0.6) is 0 Å². The first-order chi connectivity index (χ1) is 13.9. The van der Waals surface area contributed by atoms with Crippen LogP contribution < -0.4 is 5.32 Å². The van der Waals surface area contributed by atoms with Crippen LogP contribution in [0.25, 0.3) is 22.4 Å². The van der Waals surface area contributed by atoms with E-state index in [1.54, 1.807) is 23.1 Å². The highest BCUT2D eigenvalue weighted by molar-refractivity contribution is 5.79. The highest BCUT2D eigenvalue weighted by Gasteiger charge is 2.61. The molecule has 148 valence electrons. The number of aromatic nitrogens is 6. The normalized spacial score (nSPS) is 20.1. The van der Waals surface area contributed by atoms with Gasteiger partial charge in [0.1, 0.15) is 0 Å². The van der Waals surface area contributed by atoms with E-state index >= 15 is 0 Å². The summed E-state index contributed by atoms with van der Waals surface area (Å²) in [6, 6.07) is 2.15. The van der Waals surface area contributed by atoms with Gasteiger partial charge in [0.2, 0.25) is 17.6 Å². The van der Waals surface area contributed by atoms with E-state index in [9.17, 15) is 8.78 Å². The molecule has 2 saturated carbocycles. The van der Waals surface area contributed by atoms with Gasteiger partial charge in [-0.25, -0.2) is 28.2 Å². The number of rotatable bonds is 3. The first kappa shape index (κ1) is 16.8. The molecular formula is C20H19F2N7. The molecule has 4 heterocycles. The first-order valence-corrected chi connectivity index (χ1v) is 9.69. The summed E-state index contributed by atoms with van der Waals surface area (Å²) in [5.41, 5.74) is 3.67. The number of alkyl halides is 2. The van der Waals surface area contributed by atoms with Crippen LogP contribution in [0.2, 0.25) is 0 Å². The summed E-state index contributed by atoms with van der Waals surface area (Å²) in [4.78, 5) is 13.1. The second-order valence-corrected chi connectivity index (χ2v) is 8.51. The molecule has 0 bridgehead atoms. The van der Waals surface area contributed by atoms with E-state index in [1.165, 1.54) is 0 Å². The van der Waals surface area contributed by atoms with Crippen molar-refractivity contribution in [2.24, 2.45) is 5.41 Å². The van der Waals surface area contributed by atoms with Gasteiger partial charge in [0.05, 0.1) is 17.9 Å². The SMILES string of the molecule is Cc1cnc2ncc(-c3ccn4nc(NC5CC6(C5)CC(F)(F)C6)ncc34)cn12. The molecule has 0 radical (unpaired) electrons. The summed E-state index contributed by atoms with van der Waals surface area (Å²) >= 11 is 0. The molecule has 1 spiro atoms. The predicted octanol–water partition coefficient (Wildman–Crippen LogP) is 3.74. The Hall–Kier alpha value is -3.10. The van der Waals surface area contributed by atoms with Gasteiger partial charge in [-0.1, -0.05) is 0 Å². The second-order valence-electron chi connectivity index (χ2n) is 8.51. The summed E-state index contributed by atoms with van der Waals surface area (Å²) in [5, 5.41) is 7.83. The maximum Gasteiger partial charge on any atom is 0.249 e. The van der Waals surface area contributed by atoms with Crippen molar-refractivity contribution >= 4 is 17.2 Å². The van der Waals surface area contributed by atoms with Gasteiger partial charge >= 0.3 is 0 Å². The number of nitrogens with zero attached hydrogens (tertiary/aromatic N) is 6. The van der Waals surface area contributed by atoms with Crippen molar-refractivity contribution in [2.45, 2.75) is 44.6 Å². The molecule has 9 heteroatoms. The maximum atomic E-state index is 13.2. The van der Waals surface area contributed by atoms with Gasteiger partial charge in [-0.3, -0.25) is 4.40 Å². The minimum absolute atomic E-state index is 0.0216. The van der Waals surface area contributed by atoms with Crippen molar-refractivity contribution in [3.63, 3.8) is 0 Å². The zero-order valence-corrected chi connectivity index (χ0v) is 15.8. The third-order valence-corrected chi connectivity index (χ3v) is 6.24. The molecule has 6 rings (SSSR count). The lowest BCUT2D eigenvalue weighted by Gasteiger charge is -2.57. The smallest absolute Gasteiger partial charge is 0.249 e. The molecule has 4 aromatic heterocycles. The van der Waals surface area contributed by atoms with E-state index in [4.69, 9.17) is 0 Å². The predicted molar refractivity (Wildman–Crippen MR) is 103 cm³/mol. The Morgan fingerprint density at radius 1 is 1.10 bits per heavy atom. The molecule has 2 aliphatic rings. The quantitative estimate of drug-likeness (QED) is 0.572. The topological polar surface area (TPSA) is 72.4 Å². The van der Waals surface area contributed by atoms with E-state index in [1.807, 2.05) is 29.8 Å². The van der Waals surface area contributed by atoms with E-state index in [2.05, 4.69) is 25.4 Å². The molecule has 0 aromatic carbocycles.